The van der Waals surface area contributed by atoms with Crippen molar-refractivity contribution in [2.24, 2.45) is 0 Å². The molecule has 1 nitrogen and oxygen atoms in total. The maximum absolute atomic E-state index is 13.7. The van der Waals surface area contributed by atoms with Crippen molar-refractivity contribution in [2.75, 3.05) is 0 Å². The molecule has 0 spiro atoms. The molecule has 0 radical (unpaired) electrons. The van der Waals surface area contributed by atoms with Gasteiger partial charge in [-0.1, -0.05) is 23.2 Å². The second-order valence-electron chi connectivity index (χ2n) is 4.19. The summed E-state index contributed by atoms with van der Waals surface area (Å²) in [7, 11) is 0. The molecular formula is C14H10Cl2F2O. The lowest BCUT2D eigenvalue weighted by molar-refractivity contribution is 0.215. The molecule has 1 atom stereocenters. The minimum absolute atomic E-state index is 0.000378. The highest BCUT2D eigenvalue weighted by atomic mass is 35.5. The summed E-state index contributed by atoms with van der Waals surface area (Å²) >= 11 is 11.7. The highest BCUT2D eigenvalue weighted by Crippen LogP contribution is 2.32. The average Bonchev–Trinajstić information content (AvgIpc) is 2.36. The number of hydrogen-bond donors (Lipinski definition) is 1. The molecular weight excluding hydrogens is 293 g/mol. The van der Waals surface area contributed by atoms with Gasteiger partial charge in [0.2, 0.25) is 0 Å². The molecule has 0 aromatic heterocycles. The standard InChI is InChI=1S/C14H10Cl2F2O/c1-7-4-9(11(16)6-13(7)18)14(19)10-5-8(15)2-3-12(10)17/h2-6,14,19H,1H3. The third-order valence-corrected chi connectivity index (χ3v) is 3.39. The van der Waals surface area contributed by atoms with Crippen molar-refractivity contribution in [3.63, 3.8) is 0 Å². The molecule has 2 aromatic rings. The van der Waals surface area contributed by atoms with Gasteiger partial charge in [0.05, 0.1) is 0 Å². The third-order valence-electron chi connectivity index (χ3n) is 2.83. The van der Waals surface area contributed by atoms with Crippen molar-refractivity contribution in [2.45, 2.75) is 13.0 Å². The third kappa shape index (κ3) is 2.89. The van der Waals surface area contributed by atoms with Gasteiger partial charge in [-0.25, -0.2) is 8.78 Å². The van der Waals surface area contributed by atoms with Crippen LogP contribution in [-0.4, -0.2) is 5.11 Å². The Labute approximate surface area is 119 Å². The summed E-state index contributed by atoms with van der Waals surface area (Å²) in [6, 6.07) is 6.34. The quantitative estimate of drug-likeness (QED) is 0.855. The smallest absolute Gasteiger partial charge is 0.129 e. The second kappa shape index (κ2) is 5.45. The van der Waals surface area contributed by atoms with Gasteiger partial charge >= 0.3 is 0 Å². The average molecular weight is 303 g/mol. The maximum atomic E-state index is 13.7. The lowest BCUT2D eigenvalue weighted by atomic mass is 9.99. The number of halogens is 4. The Morgan fingerprint density at radius 3 is 2.37 bits per heavy atom. The highest BCUT2D eigenvalue weighted by Gasteiger charge is 2.19. The molecule has 100 valence electrons. The van der Waals surface area contributed by atoms with Crippen LogP contribution in [0.4, 0.5) is 8.78 Å². The molecule has 0 aliphatic rings. The van der Waals surface area contributed by atoms with Crippen molar-refractivity contribution in [1.82, 2.24) is 0 Å². The Morgan fingerprint density at radius 2 is 1.68 bits per heavy atom. The van der Waals surface area contributed by atoms with E-state index in [1.165, 1.54) is 25.1 Å². The van der Waals surface area contributed by atoms with E-state index < -0.39 is 17.7 Å². The Balaban J connectivity index is 2.52. The Bertz CT molecular complexity index is 629. The zero-order chi connectivity index (χ0) is 14.2. The van der Waals surface area contributed by atoms with Gasteiger partial charge in [0.1, 0.15) is 17.7 Å². The van der Waals surface area contributed by atoms with Gasteiger partial charge in [-0.3, -0.25) is 0 Å². The zero-order valence-electron chi connectivity index (χ0n) is 9.92. The van der Waals surface area contributed by atoms with Gasteiger partial charge in [-0.05, 0) is 42.8 Å². The Kier molecular flexibility index (Phi) is 4.09. The molecule has 1 unspecified atom stereocenters. The normalized spacial score (nSPS) is 12.5. The summed E-state index contributed by atoms with van der Waals surface area (Å²) in [4.78, 5) is 0. The fourth-order valence-electron chi connectivity index (χ4n) is 1.78. The van der Waals surface area contributed by atoms with E-state index in [0.29, 0.717) is 10.6 Å². The number of benzene rings is 2. The van der Waals surface area contributed by atoms with E-state index in [2.05, 4.69) is 0 Å². The van der Waals surface area contributed by atoms with Crippen LogP contribution < -0.4 is 0 Å². The molecule has 0 saturated carbocycles. The predicted molar refractivity (Wildman–Crippen MR) is 71.6 cm³/mol. The fourth-order valence-corrected chi connectivity index (χ4v) is 2.22. The van der Waals surface area contributed by atoms with Crippen LogP contribution in [-0.2, 0) is 0 Å². The van der Waals surface area contributed by atoms with Crippen molar-refractivity contribution < 1.29 is 13.9 Å². The van der Waals surface area contributed by atoms with E-state index in [-0.39, 0.29) is 16.1 Å². The number of aliphatic hydroxyl groups excluding tert-OH is 1. The predicted octanol–water partition coefficient (Wildman–Crippen LogP) is 4.66. The number of rotatable bonds is 2. The molecule has 2 aromatic carbocycles. The van der Waals surface area contributed by atoms with Crippen LogP contribution in [0.3, 0.4) is 0 Å². The first-order valence-corrected chi connectivity index (χ1v) is 6.24. The summed E-state index contributed by atoms with van der Waals surface area (Å²) in [5, 5.41) is 10.5. The molecule has 0 bridgehead atoms. The van der Waals surface area contributed by atoms with E-state index in [9.17, 15) is 13.9 Å². The van der Waals surface area contributed by atoms with Gasteiger partial charge < -0.3 is 5.11 Å². The van der Waals surface area contributed by atoms with E-state index >= 15 is 0 Å². The van der Waals surface area contributed by atoms with Gasteiger partial charge in [-0.15, -0.1) is 0 Å². The van der Waals surface area contributed by atoms with Gasteiger partial charge in [-0.2, -0.15) is 0 Å². The second-order valence-corrected chi connectivity index (χ2v) is 5.03. The molecule has 0 fully saturated rings. The summed E-state index contributed by atoms with van der Waals surface area (Å²) in [6.45, 7) is 1.54. The number of aliphatic hydroxyl groups is 1. The Hall–Kier alpha value is -1.16. The van der Waals surface area contributed by atoms with Crippen molar-refractivity contribution >= 4 is 23.2 Å². The Morgan fingerprint density at radius 1 is 1.00 bits per heavy atom. The lowest BCUT2D eigenvalue weighted by Gasteiger charge is -2.15. The van der Waals surface area contributed by atoms with Crippen molar-refractivity contribution in [3.05, 3.63) is 68.7 Å². The fraction of sp³-hybridized carbons (Fsp3) is 0.143. The van der Waals surface area contributed by atoms with Gasteiger partial charge in [0.15, 0.2) is 0 Å². The molecule has 0 saturated heterocycles. The zero-order valence-corrected chi connectivity index (χ0v) is 11.4. The lowest BCUT2D eigenvalue weighted by Crippen LogP contribution is -2.04. The summed E-state index contributed by atoms with van der Waals surface area (Å²) in [5.74, 6) is -1.08. The van der Waals surface area contributed by atoms with Crippen LogP contribution >= 0.6 is 23.2 Å². The first-order valence-electron chi connectivity index (χ1n) is 5.48. The minimum atomic E-state index is -1.30. The molecule has 1 N–H and O–H groups in total. The summed E-state index contributed by atoms with van der Waals surface area (Å²) in [6.07, 6.45) is -1.30. The molecule has 19 heavy (non-hydrogen) atoms. The molecule has 5 heteroatoms. The summed E-state index contributed by atoms with van der Waals surface area (Å²) in [5.41, 5.74) is 0.558. The SMILES string of the molecule is Cc1cc(C(O)c2cc(Cl)ccc2F)c(Cl)cc1F. The number of aryl methyl sites for hydroxylation is 1. The minimum Gasteiger partial charge on any atom is -0.383 e. The van der Waals surface area contributed by atoms with Gasteiger partial charge in [0.25, 0.3) is 0 Å². The van der Waals surface area contributed by atoms with Crippen LogP contribution in [0, 0.1) is 18.6 Å². The number of hydrogen-bond acceptors (Lipinski definition) is 1. The van der Waals surface area contributed by atoms with E-state index in [0.717, 1.165) is 12.1 Å². The first kappa shape index (κ1) is 14.3. The summed E-state index contributed by atoms with van der Waals surface area (Å²) < 4.78 is 27.0. The largest absolute Gasteiger partial charge is 0.383 e. The van der Waals surface area contributed by atoms with E-state index in [1.807, 2.05) is 0 Å². The van der Waals surface area contributed by atoms with Crippen LogP contribution in [0.25, 0.3) is 0 Å². The molecule has 0 amide bonds. The maximum Gasteiger partial charge on any atom is 0.129 e. The molecule has 0 aliphatic heterocycles. The van der Waals surface area contributed by atoms with E-state index in [4.69, 9.17) is 23.2 Å². The van der Waals surface area contributed by atoms with Gasteiger partial charge in [0, 0.05) is 21.2 Å². The van der Waals surface area contributed by atoms with Crippen LogP contribution in [0.1, 0.15) is 22.8 Å². The molecule has 2 rings (SSSR count). The molecule has 0 heterocycles. The van der Waals surface area contributed by atoms with E-state index in [1.54, 1.807) is 0 Å². The van der Waals surface area contributed by atoms with Crippen LogP contribution in [0.15, 0.2) is 30.3 Å². The highest BCUT2D eigenvalue weighted by molar-refractivity contribution is 6.31. The molecule has 0 aliphatic carbocycles. The van der Waals surface area contributed by atoms with Crippen LogP contribution in [0.2, 0.25) is 10.0 Å². The monoisotopic (exact) mass is 302 g/mol. The first-order chi connectivity index (χ1) is 8.90. The van der Waals surface area contributed by atoms with Crippen LogP contribution in [0.5, 0.6) is 0 Å². The topological polar surface area (TPSA) is 20.2 Å². The van der Waals surface area contributed by atoms with Crippen molar-refractivity contribution in [3.8, 4) is 0 Å². The van der Waals surface area contributed by atoms with Crippen molar-refractivity contribution in [1.29, 1.82) is 0 Å².